The van der Waals surface area contributed by atoms with Gasteiger partial charge in [0.2, 0.25) is 5.91 Å². The average molecular weight is 365 g/mol. The van der Waals surface area contributed by atoms with Gasteiger partial charge in [-0.2, -0.15) is 0 Å². The van der Waals surface area contributed by atoms with Crippen LogP contribution in [-0.2, 0) is 15.0 Å². The van der Waals surface area contributed by atoms with Crippen LogP contribution < -0.4 is 10.1 Å². The summed E-state index contributed by atoms with van der Waals surface area (Å²) in [5.41, 5.74) is 3.55. The molecule has 0 radical (unpaired) electrons. The highest BCUT2D eigenvalue weighted by atomic mass is 16.5. The Morgan fingerprint density at radius 1 is 1.19 bits per heavy atom. The van der Waals surface area contributed by atoms with Crippen molar-refractivity contribution in [2.24, 2.45) is 5.92 Å². The lowest BCUT2D eigenvalue weighted by atomic mass is 9.87. The van der Waals surface area contributed by atoms with E-state index in [1.807, 2.05) is 50.2 Å². The summed E-state index contributed by atoms with van der Waals surface area (Å²) in [5, 5.41) is 12.4. The van der Waals surface area contributed by atoms with Crippen LogP contribution in [0.5, 0.6) is 5.75 Å². The van der Waals surface area contributed by atoms with Gasteiger partial charge in [-0.15, -0.1) is 0 Å². The number of carboxylic acids is 1. The topological polar surface area (TPSA) is 75.6 Å². The number of benzene rings is 2. The number of hydrogen-bond donors (Lipinski definition) is 2. The SMILES string of the molecule is Cc1ccc(C(NC(=O)[C@@H]2C[C@]23CCOc2ccccc23)C(=O)O)cc1C. The molecule has 1 fully saturated rings. The lowest BCUT2D eigenvalue weighted by Crippen LogP contribution is -2.37. The maximum absolute atomic E-state index is 12.9. The third-order valence-electron chi connectivity index (χ3n) is 6.02. The number of carbonyl (C=O) groups is 2. The predicted octanol–water partition coefficient (Wildman–Crippen LogP) is 3.29. The number of carbonyl (C=O) groups excluding carboxylic acids is 1. The lowest BCUT2D eigenvalue weighted by Gasteiger charge is -2.27. The van der Waals surface area contributed by atoms with Crippen molar-refractivity contribution in [1.29, 1.82) is 0 Å². The molecule has 2 N–H and O–H groups in total. The van der Waals surface area contributed by atoms with E-state index in [9.17, 15) is 14.7 Å². The van der Waals surface area contributed by atoms with Gasteiger partial charge in [-0.25, -0.2) is 4.79 Å². The van der Waals surface area contributed by atoms with E-state index in [-0.39, 0.29) is 17.2 Å². The molecule has 1 unspecified atom stereocenters. The van der Waals surface area contributed by atoms with Crippen molar-refractivity contribution in [2.75, 3.05) is 6.61 Å². The van der Waals surface area contributed by atoms with Crippen LogP contribution >= 0.6 is 0 Å². The molecule has 1 spiro atoms. The van der Waals surface area contributed by atoms with E-state index < -0.39 is 12.0 Å². The number of aryl methyl sites for hydroxylation is 2. The lowest BCUT2D eigenvalue weighted by molar-refractivity contribution is -0.142. The van der Waals surface area contributed by atoms with Gasteiger partial charge < -0.3 is 15.2 Å². The Kier molecular flexibility index (Phi) is 4.17. The molecule has 2 aromatic carbocycles. The van der Waals surface area contributed by atoms with E-state index in [0.29, 0.717) is 12.2 Å². The summed E-state index contributed by atoms with van der Waals surface area (Å²) < 4.78 is 5.71. The molecule has 1 saturated carbocycles. The Morgan fingerprint density at radius 3 is 2.70 bits per heavy atom. The second-order valence-corrected chi connectivity index (χ2v) is 7.63. The fourth-order valence-corrected chi connectivity index (χ4v) is 4.18. The van der Waals surface area contributed by atoms with Crippen LogP contribution in [0.25, 0.3) is 0 Å². The summed E-state index contributed by atoms with van der Waals surface area (Å²) in [6.07, 6.45) is 1.52. The first-order valence-electron chi connectivity index (χ1n) is 9.25. The number of rotatable bonds is 4. The largest absolute Gasteiger partial charge is 0.493 e. The molecule has 1 aliphatic heterocycles. The average Bonchev–Trinajstić information content (AvgIpc) is 3.37. The number of amides is 1. The van der Waals surface area contributed by atoms with Gasteiger partial charge in [0.1, 0.15) is 5.75 Å². The number of aliphatic carboxylic acids is 1. The number of ether oxygens (including phenoxy) is 1. The van der Waals surface area contributed by atoms with Crippen LogP contribution in [0.1, 0.15) is 41.1 Å². The molecule has 1 aliphatic carbocycles. The van der Waals surface area contributed by atoms with Crippen LogP contribution in [0.4, 0.5) is 0 Å². The zero-order valence-electron chi connectivity index (χ0n) is 15.5. The van der Waals surface area contributed by atoms with E-state index in [2.05, 4.69) is 5.32 Å². The first-order chi connectivity index (χ1) is 12.9. The minimum atomic E-state index is -1.05. The van der Waals surface area contributed by atoms with Crippen LogP contribution in [0.2, 0.25) is 0 Å². The molecular weight excluding hydrogens is 342 g/mol. The second kappa shape index (κ2) is 6.41. The smallest absolute Gasteiger partial charge is 0.330 e. The minimum absolute atomic E-state index is 0.197. The fraction of sp³-hybridized carbons (Fsp3) is 0.364. The van der Waals surface area contributed by atoms with Gasteiger partial charge in [0.25, 0.3) is 0 Å². The van der Waals surface area contributed by atoms with Gasteiger partial charge in [0, 0.05) is 16.9 Å². The third kappa shape index (κ3) is 2.97. The molecule has 140 valence electrons. The summed E-state index contributed by atoms with van der Waals surface area (Å²) >= 11 is 0. The zero-order valence-corrected chi connectivity index (χ0v) is 15.5. The van der Waals surface area contributed by atoms with E-state index in [0.717, 1.165) is 35.3 Å². The Bertz CT molecular complexity index is 922. The van der Waals surface area contributed by atoms with Crippen molar-refractivity contribution >= 4 is 11.9 Å². The Balaban J connectivity index is 1.56. The van der Waals surface area contributed by atoms with Crippen molar-refractivity contribution in [3.63, 3.8) is 0 Å². The van der Waals surface area contributed by atoms with Crippen molar-refractivity contribution in [1.82, 2.24) is 5.32 Å². The van der Waals surface area contributed by atoms with Crippen LogP contribution in [0.15, 0.2) is 42.5 Å². The second-order valence-electron chi connectivity index (χ2n) is 7.63. The first kappa shape index (κ1) is 17.6. The molecule has 0 bridgehead atoms. The molecule has 0 aromatic heterocycles. The quantitative estimate of drug-likeness (QED) is 0.872. The molecule has 1 heterocycles. The maximum Gasteiger partial charge on any atom is 0.330 e. The van der Waals surface area contributed by atoms with Crippen LogP contribution in [0, 0.1) is 19.8 Å². The summed E-state index contributed by atoms with van der Waals surface area (Å²) in [6.45, 7) is 4.50. The Morgan fingerprint density at radius 2 is 1.96 bits per heavy atom. The number of hydrogen-bond acceptors (Lipinski definition) is 3. The molecular formula is C22H23NO4. The summed E-state index contributed by atoms with van der Waals surface area (Å²) in [6, 6.07) is 12.3. The van der Waals surface area contributed by atoms with Crippen molar-refractivity contribution in [3.8, 4) is 5.75 Å². The Labute approximate surface area is 158 Å². The molecule has 2 aliphatic rings. The van der Waals surface area contributed by atoms with E-state index >= 15 is 0 Å². The van der Waals surface area contributed by atoms with E-state index in [4.69, 9.17) is 4.74 Å². The van der Waals surface area contributed by atoms with Gasteiger partial charge in [0.05, 0.1) is 6.61 Å². The standard InChI is InChI=1S/C22H23NO4/c1-13-7-8-15(11-14(13)2)19(21(25)26)23-20(24)17-12-22(17)9-10-27-18-6-4-3-5-16(18)22/h3-8,11,17,19H,9-10,12H2,1-2H3,(H,23,24)(H,25,26)/t17-,19?,22-/m0/s1. The van der Waals surface area contributed by atoms with Gasteiger partial charge in [0.15, 0.2) is 6.04 Å². The first-order valence-corrected chi connectivity index (χ1v) is 9.25. The molecule has 1 amide bonds. The fourth-order valence-electron chi connectivity index (χ4n) is 4.18. The third-order valence-corrected chi connectivity index (χ3v) is 6.02. The maximum atomic E-state index is 12.9. The van der Waals surface area contributed by atoms with Gasteiger partial charge in [-0.1, -0.05) is 36.4 Å². The van der Waals surface area contributed by atoms with E-state index in [1.165, 1.54) is 0 Å². The number of fused-ring (bicyclic) bond motifs is 2. The predicted molar refractivity (Wildman–Crippen MR) is 101 cm³/mol. The van der Waals surface area contributed by atoms with Crippen LogP contribution in [0.3, 0.4) is 0 Å². The Hall–Kier alpha value is -2.82. The number of para-hydroxylation sites is 1. The number of nitrogens with one attached hydrogen (secondary N) is 1. The monoisotopic (exact) mass is 365 g/mol. The van der Waals surface area contributed by atoms with Crippen molar-refractivity contribution in [2.45, 2.75) is 38.1 Å². The van der Waals surface area contributed by atoms with Gasteiger partial charge in [-0.3, -0.25) is 4.79 Å². The highest BCUT2D eigenvalue weighted by Gasteiger charge is 2.61. The minimum Gasteiger partial charge on any atom is -0.493 e. The molecule has 5 nitrogen and oxygen atoms in total. The summed E-state index contributed by atoms with van der Waals surface area (Å²) in [5.74, 6) is -0.620. The molecule has 4 rings (SSSR count). The number of carboxylic acid groups (broad SMARTS) is 1. The zero-order chi connectivity index (χ0) is 19.2. The van der Waals surface area contributed by atoms with Crippen molar-refractivity contribution < 1.29 is 19.4 Å². The molecule has 3 atom stereocenters. The van der Waals surface area contributed by atoms with Gasteiger partial charge >= 0.3 is 5.97 Å². The molecule has 27 heavy (non-hydrogen) atoms. The molecule has 0 saturated heterocycles. The normalized spacial score (nSPS) is 23.9. The van der Waals surface area contributed by atoms with E-state index in [1.54, 1.807) is 6.07 Å². The van der Waals surface area contributed by atoms with Crippen LogP contribution in [-0.4, -0.2) is 23.6 Å². The highest BCUT2D eigenvalue weighted by molar-refractivity contribution is 5.89. The van der Waals surface area contributed by atoms with Crippen molar-refractivity contribution in [3.05, 3.63) is 64.7 Å². The van der Waals surface area contributed by atoms with Gasteiger partial charge in [-0.05, 0) is 49.4 Å². The summed E-state index contributed by atoms with van der Waals surface area (Å²) in [4.78, 5) is 24.7. The molecule has 2 aromatic rings. The summed E-state index contributed by atoms with van der Waals surface area (Å²) in [7, 11) is 0. The highest BCUT2D eigenvalue weighted by Crippen LogP contribution is 2.60. The molecule has 5 heteroatoms.